The first-order chi connectivity index (χ1) is 29.9. The summed E-state index contributed by atoms with van der Waals surface area (Å²) in [6.07, 6.45) is 13.3. The fourth-order valence-corrected chi connectivity index (χ4v) is 16.7. The lowest BCUT2D eigenvalue weighted by atomic mass is 9.43. The van der Waals surface area contributed by atoms with Crippen LogP contribution in [0, 0.1) is 81.2 Å². The van der Waals surface area contributed by atoms with Gasteiger partial charge in [0.1, 0.15) is 17.2 Å². The van der Waals surface area contributed by atoms with Gasteiger partial charge in [0.05, 0.1) is 30.6 Å². The van der Waals surface area contributed by atoms with Gasteiger partial charge in [-0.3, -0.25) is 9.59 Å². The van der Waals surface area contributed by atoms with Crippen LogP contribution in [0.15, 0.2) is 41.0 Å². The fourth-order valence-electron chi connectivity index (χ4n) is 16.7. The van der Waals surface area contributed by atoms with Crippen LogP contribution in [-0.4, -0.2) is 76.3 Å². The number of hydrogen-bond donors (Lipinski definition) is 4. The zero-order valence-corrected chi connectivity index (χ0v) is 38.8. The number of anilines is 1. The minimum Gasteiger partial charge on any atom is -0.481 e. The van der Waals surface area contributed by atoms with Crippen molar-refractivity contribution < 1.29 is 39.1 Å². The molecular formula is C54H74FNO7. The largest absolute Gasteiger partial charge is 0.481 e. The number of carboxylic acid groups (broad SMARTS) is 1. The number of halogens is 1. The highest BCUT2D eigenvalue weighted by molar-refractivity contribution is 5.84. The third-order valence-electron chi connectivity index (χ3n) is 20.1. The molecule has 9 rings (SSSR count). The smallest absolute Gasteiger partial charge is 0.303 e. The van der Waals surface area contributed by atoms with Gasteiger partial charge in [0.2, 0.25) is 0 Å². The van der Waals surface area contributed by atoms with Crippen molar-refractivity contribution in [2.45, 2.75) is 167 Å². The van der Waals surface area contributed by atoms with Gasteiger partial charge < -0.3 is 30.1 Å². The van der Waals surface area contributed by atoms with Gasteiger partial charge in [-0.1, -0.05) is 51.3 Å². The molecule has 7 fully saturated rings. The van der Waals surface area contributed by atoms with Crippen molar-refractivity contribution in [2.75, 3.05) is 25.1 Å². The van der Waals surface area contributed by atoms with Crippen LogP contribution in [-0.2, 0) is 14.3 Å². The molecular weight excluding hydrogens is 794 g/mol. The average Bonchev–Trinajstić information content (AvgIpc) is 3.73. The molecule has 0 bridgehead atoms. The standard InChI is InChI=1S/C54H74FNO7/c1-7-20-54(62)22-19-41-38-12-9-32-25-35(57)11-13-37(32)49(38)39(30-52(41,54)4)33-10-16-45(44(55)26-33)56(6)23-24-63-36-18-21-51(3)34(27-36)28-46(58)50-42-15-14-40(31(2)8-17-48(60)61)53(42,5)47(59)29-43(50)51/h9-10,16,26,31,34,36,38-43,46-47,50,58-59,62H,8,11-15,17-19,21-25,27-30H2,1-6H3,(H,60,61)/t31-,34+,36+,38?,39-,40?,41?,42+,43+,46-,47+,50+,51+,52+,53-,54+/m1/s1. The van der Waals surface area contributed by atoms with Gasteiger partial charge in [-0.15, -0.1) is 5.92 Å². The summed E-state index contributed by atoms with van der Waals surface area (Å²) in [7, 11) is 1.92. The molecule has 1 aromatic rings. The number of ketones is 1. The highest BCUT2D eigenvalue weighted by Gasteiger charge is 2.66. The Bertz CT molecular complexity index is 2100. The summed E-state index contributed by atoms with van der Waals surface area (Å²) in [6, 6.07) is 5.71. The number of carbonyl (C=O) groups excluding carboxylic acids is 1. The predicted molar refractivity (Wildman–Crippen MR) is 242 cm³/mol. The van der Waals surface area contributed by atoms with E-state index in [2.05, 4.69) is 51.7 Å². The lowest BCUT2D eigenvalue weighted by molar-refractivity contribution is -0.209. The molecule has 8 aliphatic rings. The minimum atomic E-state index is -1.09. The summed E-state index contributed by atoms with van der Waals surface area (Å²) in [6.45, 7) is 11.8. The van der Waals surface area contributed by atoms with Gasteiger partial charge in [0.25, 0.3) is 0 Å². The quantitative estimate of drug-likeness (QED) is 0.172. The molecule has 0 heterocycles. The topological polar surface area (TPSA) is 128 Å². The van der Waals surface area contributed by atoms with Gasteiger partial charge >= 0.3 is 5.97 Å². The van der Waals surface area contributed by atoms with E-state index in [0.29, 0.717) is 69.1 Å². The summed E-state index contributed by atoms with van der Waals surface area (Å²) in [5.74, 6) is 7.35. The molecule has 8 nitrogen and oxygen atoms in total. The van der Waals surface area contributed by atoms with Gasteiger partial charge in [-0.05, 0) is 177 Å². The average molecular weight is 868 g/mol. The Morgan fingerprint density at radius 2 is 1.83 bits per heavy atom. The first-order valence-corrected chi connectivity index (χ1v) is 24.7. The highest BCUT2D eigenvalue weighted by atomic mass is 19.1. The van der Waals surface area contributed by atoms with E-state index >= 15 is 4.39 Å². The normalized spacial score (nSPS) is 43.2. The molecule has 16 atom stereocenters. The Morgan fingerprint density at radius 3 is 2.57 bits per heavy atom. The van der Waals surface area contributed by atoms with Crippen molar-refractivity contribution in [3.8, 4) is 11.8 Å². The number of carboxylic acids is 1. The fraction of sp³-hybridized carbons (Fsp3) is 0.741. The van der Waals surface area contributed by atoms with Crippen LogP contribution >= 0.6 is 0 Å². The molecule has 1 aromatic carbocycles. The molecule has 0 saturated heterocycles. The van der Waals surface area contributed by atoms with Crippen molar-refractivity contribution in [2.24, 2.45) is 63.6 Å². The second-order valence-electron chi connectivity index (χ2n) is 22.7. The molecule has 63 heavy (non-hydrogen) atoms. The highest BCUT2D eigenvalue weighted by Crippen LogP contribution is 2.69. The number of carbonyl (C=O) groups is 2. The van der Waals surface area contributed by atoms with Gasteiger partial charge in [0.15, 0.2) is 0 Å². The molecule has 8 aliphatic carbocycles. The minimum absolute atomic E-state index is 0.0119. The first-order valence-electron chi connectivity index (χ1n) is 24.7. The number of fused-ring (bicyclic) bond motifs is 9. The third kappa shape index (κ3) is 7.30. The van der Waals surface area contributed by atoms with Crippen molar-refractivity contribution >= 4 is 17.4 Å². The molecule has 344 valence electrons. The van der Waals surface area contributed by atoms with E-state index < -0.39 is 29.2 Å². The zero-order valence-electron chi connectivity index (χ0n) is 38.8. The van der Waals surface area contributed by atoms with Crippen molar-refractivity contribution in [1.29, 1.82) is 0 Å². The number of allylic oxidation sites excluding steroid dienone is 4. The molecule has 0 radical (unpaired) electrons. The van der Waals surface area contributed by atoms with Crippen LogP contribution < -0.4 is 4.90 Å². The Hall–Kier alpha value is -3.03. The van der Waals surface area contributed by atoms with Gasteiger partial charge in [-0.25, -0.2) is 4.39 Å². The number of ether oxygens (including phenoxy) is 1. The van der Waals surface area contributed by atoms with Crippen LogP contribution in [0.5, 0.6) is 0 Å². The number of aliphatic hydroxyl groups excluding tert-OH is 2. The summed E-state index contributed by atoms with van der Waals surface area (Å²) in [5, 5.41) is 45.3. The number of rotatable bonds is 10. The van der Waals surface area contributed by atoms with Crippen molar-refractivity contribution in [3.63, 3.8) is 0 Å². The monoisotopic (exact) mass is 868 g/mol. The maximum atomic E-state index is 16.5. The number of likely N-dealkylation sites (N-methyl/N-ethyl adjacent to an activating group) is 1. The molecule has 0 amide bonds. The first kappa shape index (κ1) is 45.1. The van der Waals surface area contributed by atoms with Gasteiger partial charge in [-0.2, -0.15) is 0 Å². The third-order valence-corrected chi connectivity index (χ3v) is 20.1. The van der Waals surface area contributed by atoms with E-state index in [1.165, 1.54) is 11.1 Å². The SMILES string of the molecule is CC#C[C@]1(O)CCC2C3CC=C4CC(=O)CCC4=C3[C@@H](c3ccc(N(C)CCO[C@H]4CC[C@@]5(C)[C@@H](C4)C[C@@H](O)[C@@H]4[C@@H]5C[C@H](O)[C@]5(C)C([C@H](C)CCC(=O)O)CC[C@@H]45)c(F)c3)C[C@@]21C. The van der Waals surface area contributed by atoms with Gasteiger partial charge in [0, 0.05) is 44.2 Å². The summed E-state index contributed by atoms with van der Waals surface area (Å²) >= 11 is 0. The van der Waals surface area contributed by atoms with E-state index in [0.717, 1.165) is 68.9 Å². The molecule has 0 spiro atoms. The number of hydrogen-bond acceptors (Lipinski definition) is 7. The predicted octanol–water partition coefficient (Wildman–Crippen LogP) is 9.40. The summed E-state index contributed by atoms with van der Waals surface area (Å²) in [5.41, 5.74) is 3.48. The van der Waals surface area contributed by atoms with Crippen LogP contribution in [0.3, 0.4) is 0 Å². The number of Topliss-reactive ketones (excluding diaryl/α,β-unsaturated/α-hetero) is 1. The van der Waals surface area contributed by atoms with E-state index in [1.54, 1.807) is 13.0 Å². The van der Waals surface area contributed by atoms with E-state index in [-0.39, 0.29) is 76.5 Å². The van der Waals surface area contributed by atoms with Crippen LogP contribution in [0.4, 0.5) is 10.1 Å². The Balaban J connectivity index is 0.855. The van der Waals surface area contributed by atoms with E-state index in [4.69, 9.17) is 4.74 Å². The lowest BCUT2D eigenvalue weighted by Gasteiger charge is -2.63. The summed E-state index contributed by atoms with van der Waals surface area (Å²) < 4.78 is 23.0. The molecule has 0 aliphatic heterocycles. The van der Waals surface area contributed by atoms with E-state index in [9.17, 15) is 30.0 Å². The van der Waals surface area contributed by atoms with Crippen molar-refractivity contribution in [3.05, 3.63) is 52.4 Å². The number of aliphatic hydroxyl groups is 3. The van der Waals surface area contributed by atoms with Crippen LogP contribution in [0.2, 0.25) is 0 Å². The van der Waals surface area contributed by atoms with Crippen molar-refractivity contribution in [1.82, 2.24) is 0 Å². The van der Waals surface area contributed by atoms with Crippen LogP contribution in [0.1, 0.15) is 149 Å². The Kier molecular flexibility index (Phi) is 12.0. The molecule has 7 saturated carbocycles. The second-order valence-corrected chi connectivity index (χ2v) is 22.7. The molecule has 0 aromatic heterocycles. The molecule has 4 N–H and O–H groups in total. The second kappa shape index (κ2) is 16.7. The van der Waals surface area contributed by atoms with E-state index in [1.807, 2.05) is 18.0 Å². The molecule has 9 heteroatoms. The number of nitrogens with zero attached hydrogens (tertiary/aromatic N) is 1. The zero-order chi connectivity index (χ0) is 44.8. The maximum absolute atomic E-state index is 16.5. The lowest BCUT2D eigenvalue weighted by Crippen LogP contribution is -2.62. The maximum Gasteiger partial charge on any atom is 0.303 e. The number of aliphatic carboxylic acids is 1. The summed E-state index contributed by atoms with van der Waals surface area (Å²) in [4.78, 5) is 25.9. The van der Waals surface area contributed by atoms with Crippen LogP contribution in [0.25, 0.3) is 0 Å². The Labute approximate surface area is 375 Å². The number of benzene rings is 1. The Morgan fingerprint density at radius 1 is 1.03 bits per heavy atom. The molecule has 3 unspecified atom stereocenters.